The Morgan fingerprint density at radius 3 is 2.76 bits per heavy atom. The molecule has 0 atom stereocenters. The summed E-state index contributed by atoms with van der Waals surface area (Å²) < 4.78 is 40.7. The van der Waals surface area contributed by atoms with Gasteiger partial charge in [-0.15, -0.1) is 0 Å². The van der Waals surface area contributed by atoms with E-state index in [-0.39, 0.29) is 11.6 Å². The van der Waals surface area contributed by atoms with Crippen molar-refractivity contribution in [3.63, 3.8) is 0 Å². The lowest BCUT2D eigenvalue weighted by molar-refractivity contribution is -0.137. The summed E-state index contributed by atoms with van der Waals surface area (Å²) in [4.78, 5) is 10.0. The lowest BCUT2D eigenvalue weighted by Gasteiger charge is -2.29. The molecule has 1 aliphatic heterocycles. The van der Waals surface area contributed by atoms with Gasteiger partial charge in [-0.3, -0.25) is 0 Å². The normalized spacial score (nSPS) is 15.0. The van der Waals surface area contributed by atoms with Crippen LogP contribution in [-0.2, 0) is 19.3 Å². The number of hydrogen-bond acceptors (Lipinski definition) is 5. The molecular formula is C12H13F3N6. The van der Waals surface area contributed by atoms with Crippen LogP contribution >= 0.6 is 0 Å². The van der Waals surface area contributed by atoms with Crippen molar-refractivity contribution < 1.29 is 13.2 Å². The number of anilines is 2. The highest BCUT2D eigenvalue weighted by atomic mass is 19.4. The van der Waals surface area contributed by atoms with Gasteiger partial charge in [-0.1, -0.05) is 0 Å². The van der Waals surface area contributed by atoms with Gasteiger partial charge in [-0.05, 0) is 12.1 Å². The lowest BCUT2D eigenvalue weighted by Crippen LogP contribution is -2.34. The molecule has 1 aliphatic rings. The van der Waals surface area contributed by atoms with Crippen molar-refractivity contribution in [2.45, 2.75) is 19.3 Å². The van der Waals surface area contributed by atoms with E-state index >= 15 is 0 Å². The molecule has 0 amide bonds. The summed E-state index contributed by atoms with van der Waals surface area (Å²) in [5, 5.41) is 0. The van der Waals surface area contributed by atoms with Gasteiger partial charge in [-0.2, -0.15) is 13.2 Å². The smallest absolute Gasteiger partial charge is 0.347 e. The Bertz CT molecular complexity index is 651. The zero-order valence-corrected chi connectivity index (χ0v) is 10.9. The van der Waals surface area contributed by atoms with E-state index in [4.69, 9.17) is 5.84 Å². The van der Waals surface area contributed by atoms with Gasteiger partial charge >= 0.3 is 6.18 Å². The van der Waals surface area contributed by atoms with Crippen LogP contribution in [0.15, 0.2) is 24.5 Å². The van der Waals surface area contributed by atoms with Crippen LogP contribution < -0.4 is 16.2 Å². The zero-order valence-electron chi connectivity index (χ0n) is 10.9. The van der Waals surface area contributed by atoms with Gasteiger partial charge in [0, 0.05) is 25.5 Å². The highest BCUT2D eigenvalue weighted by Gasteiger charge is 2.32. The SMILES string of the molecule is NNc1cc(C(F)(F)F)cc(N2CCn3ccnc3C2)n1. The minimum atomic E-state index is -4.45. The molecule has 0 fully saturated rings. The number of halogens is 3. The number of rotatable bonds is 2. The number of nitrogens with zero attached hydrogens (tertiary/aromatic N) is 4. The molecule has 3 heterocycles. The Kier molecular flexibility index (Phi) is 3.20. The van der Waals surface area contributed by atoms with E-state index in [1.165, 1.54) is 0 Å². The first-order valence-corrected chi connectivity index (χ1v) is 6.28. The molecule has 3 rings (SSSR count). The number of hydrazine groups is 1. The van der Waals surface area contributed by atoms with Crippen molar-refractivity contribution in [3.8, 4) is 0 Å². The molecule has 112 valence electrons. The van der Waals surface area contributed by atoms with Gasteiger partial charge in [0.1, 0.15) is 17.5 Å². The number of fused-ring (bicyclic) bond motifs is 1. The molecule has 0 saturated heterocycles. The molecule has 0 aromatic carbocycles. The highest BCUT2D eigenvalue weighted by Crippen LogP contribution is 2.33. The molecule has 0 bridgehead atoms. The van der Waals surface area contributed by atoms with Crippen LogP contribution in [0.2, 0.25) is 0 Å². The fraction of sp³-hybridized carbons (Fsp3) is 0.333. The Morgan fingerprint density at radius 1 is 1.24 bits per heavy atom. The van der Waals surface area contributed by atoms with E-state index in [0.717, 1.165) is 18.0 Å². The number of imidazole rings is 1. The average Bonchev–Trinajstić information content (AvgIpc) is 2.93. The van der Waals surface area contributed by atoms with Crippen molar-refractivity contribution in [1.82, 2.24) is 14.5 Å². The second-order valence-corrected chi connectivity index (χ2v) is 4.70. The van der Waals surface area contributed by atoms with E-state index in [2.05, 4.69) is 15.4 Å². The third-order valence-corrected chi connectivity index (χ3v) is 3.36. The Balaban J connectivity index is 1.95. The third-order valence-electron chi connectivity index (χ3n) is 3.36. The van der Waals surface area contributed by atoms with E-state index in [9.17, 15) is 13.2 Å². The quantitative estimate of drug-likeness (QED) is 0.651. The van der Waals surface area contributed by atoms with E-state index in [1.54, 1.807) is 11.1 Å². The largest absolute Gasteiger partial charge is 0.416 e. The monoisotopic (exact) mass is 298 g/mol. The third kappa shape index (κ3) is 2.64. The topological polar surface area (TPSA) is 72.0 Å². The second kappa shape index (κ2) is 4.92. The van der Waals surface area contributed by atoms with Crippen LogP contribution in [0.25, 0.3) is 0 Å². The number of hydrogen-bond donors (Lipinski definition) is 2. The molecule has 2 aromatic heterocycles. The maximum Gasteiger partial charge on any atom is 0.416 e. The van der Waals surface area contributed by atoms with Crippen LogP contribution in [0, 0.1) is 0 Å². The van der Waals surface area contributed by atoms with Gasteiger partial charge in [0.05, 0.1) is 12.1 Å². The molecule has 0 aliphatic carbocycles. The predicted octanol–water partition coefficient (Wildman–Crippen LogP) is 1.60. The van der Waals surface area contributed by atoms with Gasteiger partial charge in [0.25, 0.3) is 0 Å². The first-order chi connectivity index (χ1) is 9.97. The standard InChI is InChI=1S/C12H13F3N6/c13-12(14,15)8-5-9(19-16)18-10(6-8)21-4-3-20-2-1-17-11(20)7-21/h1-2,5-6H,3-4,7,16H2,(H,18,19). The Hall–Kier alpha value is -2.29. The maximum atomic E-state index is 12.9. The molecule has 0 radical (unpaired) electrons. The fourth-order valence-electron chi connectivity index (χ4n) is 2.28. The molecule has 0 spiro atoms. The number of nitrogens with one attached hydrogen (secondary N) is 1. The molecule has 3 N–H and O–H groups in total. The first kappa shape index (κ1) is 13.7. The second-order valence-electron chi connectivity index (χ2n) is 4.70. The summed E-state index contributed by atoms with van der Waals surface area (Å²) in [5.41, 5.74) is 1.39. The zero-order chi connectivity index (χ0) is 15.0. The van der Waals surface area contributed by atoms with Crippen LogP contribution in [0.3, 0.4) is 0 Å². The van der Waals surface area contributed by atoms with E-state index in [0.29, 0.717) is 19.6 Å². The lowest BCUT2D eigenvalue weighted by atomic mass is 10.2. The highest BCUT2D eigenvalue weighted by molar-refractivity contribution is 5.51. The number of nitrogens with two attached hydrogens (primary N) is 1. The van der Waals surface area contributed by atoms with Crippen molar-refractivity contribution in [2.75, 3.05) is 16.9 Å². The molecule has 0 saturated carbocycles. The predicted molar refractivity (Wildman–Crippen MR) is 70.3 cm³/mol. The van der Waals surface area contributed by atoms with Crippen LogP contribution in [0.1, 0.15) is 11.4 Å². The van der Waals surface area contributed by atoms with Crippen LogP contribution in [-0.4, -0.2) is 21.1 Å². The van der Waals surface area contributed by atoms with Crippen LogP contribution in [0.5, 0.6) is 0 Å². The molecular weight excluding hydrogens is 285 g/mol. The number of alkyl halides is 3. The van der Waals surface area contributed by atoms with Gasteiger partial charge < -0.3 is 14.9 Å². The Labute approximate surface area is 118 Å². The van der Waals surface area contributed by atoms with Gasteiger partial charge in [0.2, 0.25) is 0 Å². The summed E-state index contributed by atoms with van der Waals surface area (Å²) in [6.07, 6.45) is -0.929. The summed E-state index contributed by atoms with van der Waals surface area (Å²) in [5.74, 6) is 6.21. The average molecular weight is 298 g/mol. The van der Waals surface area contributed by atoms with Gasteiger partial charge in [-0.25, -0.2) is 15.8 Å². The Morgan fingerprint density at radius 2 is 2.05 bits per heavy atom. The van der Waals surface area contributed by atoms with Crippen molar-refractivity contribution >= 4 is 11.6 Å². The molecule has 6 nitrogen and oxygen atoms in total. The fourth-order valence-corrected chi connectivity index (χ4v) is 2.28. The maximum absolute atomic E-state index is 12.9. The number of aromatic nitrogens is 3. The summed E-state index contributed by atoms with van der Waals surface area (Å²) >= 11 is 0. The van der Waals surface area contributed by atoms with E-state index in [1.807, 2.05) is 10.8 Å². The van der Waals surface area contributed by atoms with E-state index < -0.39 is 11.7 Å². The summed E-state index contributed by atoms with van der Waals surface area (Å²) in [6, 6.07) is 1.91. The van der Waals surface area contributed by atoms with Crippen molar-refractivity contribution in [3.05, 3.63) is 35.9 Å². The van der Waals surface area contributed by atoms with Crippen molar-refractivity contribution in [2.24, 2.45) is 5.84 Å². The molecule has 0 unspecified atom stereocenters. The minimum absolute atomic E-state index is 0.0197. The summed E-state index contributed by atoms with van der Waals surface area (Å²) in [6.45, 7) is 1.62. The summed E-state index contributed by atoms with van der Waals surface area (Å²) in [7, 11) is 0. The van der Waals surface area contributed by atoms with Crippen molar-refractivity contribution in [1.29, 1.82) is 0 Å². The van der Waals surface area contributed by atoms with Crippen LogP contribution in [0.4, 0.5) is 24.8 Å². The number of nitrogen functional groups attached to an aromatic ring is 1. The first-order valence-electron chi connectivity index (χ1n) is 6.28. The number of pyridine rings is 1. The van der Waals surface area contributed by atoms with Gasteiger partial charge in [0.15, 0.2) is 0 Å². The minimum Gasteiger partial charge on any atom is -0.347 e. The molecule has 21 heavy (non-hydrogen) atoms. The molecule has 9 heteroatoms. The molecule has 2 aromatic rings.